The highest BCUT2D eigenvalue weighted by molar-refractivity contribution is 5.33. The molecule has 0 aliphatic heterocycles. The lowest BCUT2D eigenvalue weighted by molar-refractivity contribution is 0.0601. The molecule has 1 unspecified atom stereocenters. The smallest absolute Gasteiger partial charge is 0.100 e. The van der Waals surface area contributed by atoms with Crippen molar-refractivity contribution >= 4 is 0 Å². The van der Waals surface area contributed by atoms with Crippen LogP contribution in [0, 0.1) is 17.2 Å². The Morgan fingerprint density at radius 2 is 1.90 bits per heavy atom. The van der Waals surface area contributed by atoms with Gasteiger partial charge in [-0.15, -0.1) is 0 Å². The maximum Gasteiger partial charge on any atom is 0.100 e. The highest BCUT2D eigenvalue weighted by Gasteiger charge is 2.27. The first-order valence-electron chi connectivity index (χ1n) is 8.05. The molecule has 0 radical (unpaired) electrons. The van der Waals surface area contributed by atoms with Crippen LogP contribution >= 0.6 is 0 Å². The number of nitrogens with zero attached hydrogens (tertiary/aromatic N) is 1. The van der Waals surface area contributed by atoms with Crippen LogP contribution < -0.4 is 0 Å². The minimum absolute atomic E-state index is 0.364. The average Bonchev–Trinajstić information content (AvgIpc) is 2.56. The van der Waals surface area contributed by atoms with Gasteiger partial charge in [-0.3, -0.25) is 0 Å². The van der Waals surface area contributed by atoms with Crippen LogP contribution in [-0.4, -0.2) is 6.10 Å². The summed E-state index contributed by atoms with van der Waals surface area (Å²) in [4.78, 5) is 0. The van der Waals surface area contributed by atoms with E-state index >= 15 is 0 Å². The van der Waals surface area contributed by atoms with Crippen LogP contribution in [0.25, 0.3) is 0 Å². The Labute approximate surface area is 128 Å². The second-order valence-corrected chi connectivity index (χ2v) is 5.90. The molecule has 1 atom stereocenters. The molecule has 2 heteroatoms. The molecule has 21 heavy (non-hydrogen) atoms. The van der Waals surface area contributed by atoms with E-state index in [0.29, 0.717) is 17.9 Å². The minimum Gasteiger partial charge on any atom is -0.498 e. The SMILES string of the molecule is CC=COC(CC)C1CCC(c2ccc(C#N)cc2)CC1. The Morgan fingerprint density at radius 1 is 1.24 bits per heavy atom. The van der Waals surface area contributed by atoms with Crippen molar-refractivity contribution in [1.82, 2.24) is 0 Å². The van der Waals surface area contributed by atoms with Gasteiger partial charge < -0.3 is 4.74 Å². The van der Waals surface area contributed by atoms with E-state index in [4.69, 9.17) is 10.00 Å². The molecule has 0 heterocycles. The fourth-order valence-electron chi connectivity index (χ4n) is 3.37. The van der Waals surface area contributed by atoms with Gasteiger partial charge in [0.05, 0.1) is 17.9 Å². The van der Waals surface area contributed by atoms with E-state index in [1.54, 1.807) is 0 Å². The molecule has 1 saturated carbocycles. The van der Waals surface area contributed by atoms with Crippen molar-refractivity contribution in [1.29, 1.82) is 5.26 Å². The van der Waals surface area contributed by atoms with Gasteiger partial charge in [-0.05, 0) is 68.6 Å². The molecular formula is C19H25NO. The largest absolute Gasteiger partial charge is 0.498 e. The molecule has 0 aromatic heterocycles. The minimum atomic E-state index is 0.364. The molecule has 0 saturated heterocycles. The van der Waals surface area contributed by atoms with E-state index in [2.05, 4.69) is 25.1 Å². The van der Waals surface area contributed by atoms with Gasteiger partial charge in [0.1, 0.15) is 6.10 Å². The van der Waals surface area contributed by atoms with E-state index in [-0.39, 0.29) is 0 Å². The number of ether oxygens (including phenoxy) is 1. The van der Waals surface area contributed by atoms with Crippen LogP contribution in [-0.2, 0) is 4.74 Å². The second-order valence-electron chi connectivity index (χ2n) is 5.90. The van der Waals surface area contributed by atoms with E-state index in [1.165, 1.54) is 31.2 Å². The molecule has 1 aromatic rings. The first kappa shape index (κ1) is 15.6. The molecule has 1 aromatic carbocycles. The van der Waals surface area contributed by atoms with Crippen LogP contribution in [0.15, 0.2) is 36.6 Å². The molecule has 0 spiro atoms. The Kier molecular flexibility index (Phi) is 5.87. The molecule has 1 aliphatic carbocycles. The predicted molar refractivity (Wildman–Crippen MR) is 85.8 cm³/mol. The van der Waals surface area contributed by atoms with Crippen LogP contribution in [0.4, 0.5) is 0 Å². The quantitative estimate of drug-likeness (QED) is 0.699. The standard InChI is InChI=1S/C19H25NO/c1-3-13-21-19(4-2)18-11-9-17(10-12-18)16-7-5-15(14-20)6-8-16/h3,5-8,13,17-19H,4,9-12H2,1-2H3. The zero-order valence-corrected chi connectivity index (χ0v) is 13.1. The van der Waals surface area contributed by atoms with Crippen molar-refractivity contribution in [2.45, 2.75) is 58.0 Å². The van der Waals surface area contributed by atoms with Gasteiger partial charge in [0.25, 0.3) is 0 Å². The van der Waals surface area contributed by atoms with Crippen molar-refractivity contribution < 1.29 is 4.74 Å². The van der Waals surface area contributed by atoms with Gasteiger partial charge in [0, 0.05) is 0 Å². The van der Waals surface area contributed by atoms with Crippen LogP contribution in [0.1, 0.15) is 63.0 Å². The van der Waals surface area contributed by atoms with Gasteiger partial charge >= 0.3 is 0 Å². The summed E-state index contributed by atoms with van der Waals surface area (Å²) in [6, 6.07) is 10.3. The molecule has 2 nitrogen and oxygen atoms in total. The number of rotatable bonds is 5. The summed E-state index contributed by atoms with van der Waals surface area (Å²) in [7, 11) is 0. The summed E-state index contributed by atoms with van der Waals surface area (Å²) >= 11 is 0. The molecule has 0 bridgehead atoms. The van der Waals surface area contributed by atoms with Crippen molar-refractivity contribution in [3.05, 3.63) is 47.7 Å². The Bertz CT molecular complexity index is 489. The highest BCUT2D eigenvalue weighted by Crippen LogP contribution is 2.38. The van der Waals surface area contributed by atoms with Crippen molar-refractivity contribution in [3.63, 3.8) is 0 Å². The summed E-state index contributed by atoms with van der Waals surface area (Å²) in [6.07, 6.45) is 10.2. The first-order chi connectivity index (χ1) is 10.3. The monoisotopic (exact) mass is 283 g/mol. The van der Waals surface area contributed by atoms with Crippen LogP contribution in [0.2, 0.25) is 0 Å². The van der Waals surface area contributed by atoms with Gasteiger partial charge in [-0.1, -0.05) is 25.1 Å². The number of benzene rings is 1. The fourth-order valence-corrected chi connectivity index (χ4v) is 3.37. The van der Waals surface area contributed by atoms with Crippen molar-refractivity contribution in [2.24, 2.45) is 5.92 Å². The van der Waals surface area contributed by atoms with E-state index in [0.717, 1.165) is 12.0 Å². The molecule has 1 aliphatic rings. The summed E-state index contributed by atoms with van der Waals surface area (Å²) < 4.78 is 5.83. The Balaban J connectivity index is 1.91. The predicted octanol–water partition coefficient (Wildman–Crippen LogP) is 5.16. The van der Waals surface area contributed by atoms with Crippen molar-refractivity contribution in [2.75, 3.05) is 0 Å². The molecule has 0 amide bonds. The van der Waals surface area contributed by atoms with E-state index in [9.17, 15) is 0 Å². The fraction of sp³-hybridized carbons (Fsp3) is 0.526. The van der Waals surface area contributed by atoms with Crippen LogP contribution in [0.5, 0.6) is 0 Å². The topological polar surface area (TPSA) is 33.0 Å². The van der Waals surface area contributed by atoms with Crippen molar-refractivity contribution in [3.8, 4) is 6.07 Å². The third-order valence-electron chi connectivity index (χ3n) is 4.60. The third kappa shape index (κ3) is 4.11. The summed E-state index contributed by atoms with van der Waals surface area (Å²) in [5, 5.41) is 8.86. The van der Waals surface area contributed by atoms with E-state index in [1.807, 2.05) is 31.4 Å². The number of nitriles is 1. The molecule has 0 N–H and O–H groups in total. The van der Waals surface area contributed by atoms with E-state index < -0.39 is 0 Å². The summed E-state index contributed by atoms with van der Waals surface area (Å²) in [5.74, 6) is 1.33. The van der Waals surface area contributed by atoms with Gasteiger partial charge in [-0.25, -0.2) is 0 Å². The highest BCUT2D eigenvalue weighted by atomic mass is 16.5. The zero-order chi connectivity index (χ0) is 15.1. The summed E-state index contributed by atoms with van der Waals surface area (Å²) in [5.41, 5.74) is 2.13. The molecular weight excluding hydrogens is 258 g/mol. The molecule has 112 valence electrons. The number of hydrogen-bond donors (Lipinski definition) is 0. The lowest BCUT2D eigenvalue weighted by atomic mass is 9.76. The number of allylic oxidation sites excluding steroid dienone is 1. The lowest BCUT2D eigenvalue weighted by Crippen LogP contribution is -2.26. The average molecular weight is 283 g/mol. The maximum atomic E-state index is 8.86. The normalized spacial score (nSPS) is 23.7. The molecule has 2 rings (SSSR count). The van der Waals surface area contributed by atoms with Gasteiger partial charge in [0.2, 0.25) is 0 Å². The Hall–Kier alpha value is -1.75. The summed E-state index contributed by atoms with van der Waals surface area (Å²) in [6.45, 7) is 4.20. The third-order valence-corrected chi connectivity index (χ3v) is 4.60. The second kappa shape index (κ2) is 7.88. The van der Waals surface area contributed by atoms with Gasteiger partial charge in [0.15, 0.2) is 0 Å². The first-order valence-corrected chi connectivity index (χ1v) is 8.05. The maximum absolute atomic E-state index is 8.86. The van der Waals surface area contributed by atoms with Gasteiger partial charge in [-0.2, -0.15) is 5.26 Å². The zero-order valence-electron chi connectivity index (χ0n) is 13.1. The number of hydrogen-bond acceptors (Lipinski definition) is 2. The molecule has 1 fully saturated rings. The lowest BCUT2D eigenvalue weighted by Gasteiger charge is -2.33. The van der Waals surface area contributed by atoms with Crippen LogP contribution in [0.3, 0.4) is 0 Å². The Morgan fingerprint density at radius 3 is 2.43 bits per heavy atom.